The second-order valence-corrected chi connectivity index (χ2v) is 6.06. The molecular formula is C19H16N2O6. The Kier molecular flexibility index (Phi) is 4.98. The summed E-state index contributed by atoms with van der Waals surface area (Å²) in [5.74, 6) is -1.32. The van der Waals surface area contributed by atoms with Crippen LogP contribution in [0.15, 0.2) is 42.5 Å². The first-order chi connectivity index (χ1) is 12.9. The van der Waals surface area contributed by atoms with Crippen molar-refractivity contribution in [2.24, 2.45) is 0 Å². The topological polar surface area (TPSA) is 107 Å². The van der Waals surface area contributed by atoms with E-state index in [0.717, 1.165) is 4.90 Å². The maximum Gasteiger partial charge on any atom is 0.338 e. The van der Waals surface area contributed by atoms with Crippen molar-refractivity contribution in [1.82, 2.24) is 4.90 Å². The lowest BCUT2D eigenvalue weighted by molar-refractivity contribution is -0.385. The molecular weight excluding hydrogens is 352 g/mol. The van der Waals surface area contributed by atoms with Crippen LogP contribution in [0.2, 0.25) is 0 Å². The normalized spacial score (nSPS) is 12.9. The average molecular weight is 368 g/mol. The van der Waals surface area contributed by atoms with Crippen molar-refractivity contribution in [1.29, 1.82) is 0 Å². The molecule has 2 amide bonds. The number of hydrogen-bond donors (Lipinski definition) is 0. The quantitative estimate of drug-likeness (QED) is 0.255. The predicted molar refractivity (Wildman–Crippen MR) is 94.5 cm³/mol. The van der Waals surface area contributed by atoms with Gasteiger partial charge in [-0.15, -0.1) is 0 Å². The molecule has 0 aliphatic carbocycles. The highest BCUT2D eigenvalue weighted by molar-refractivity contribution is 6.21. The van der Waals surface area contributed by atoms with E-state index in [9.17, 15) is 24.5 Å². The SMILES string of the molecule is Cc1cc(C(=O)OCCCN2C(=O)c3ccccc3C2=O)ccc1[N+](=O)[O-]. The molecule has 27 heavy (non-hydrogen) atoms. The van der Waals surface area contributed by atoms with E-state index < -0.39 is 10.9 Å². The summed E-state index contributed by atoms with van der Waals surface area (Å²) in [6.45, 7) is 1.69. The Labute approximate surface area is 154 Å². The minimum absolute atomic E-state index is 0.0161. The number of benzene rings is 2. The Hall–Kier alpha value is -3.55. The minimum atomic E-state index is -0.615. The fraction of sp³-hybridized carbons (Fsp3) is 0.211. The van der Waals surface area contributed by atoms with Crippen molar-refractivity contribution >= 4 is 23.5 Å². The molecule has 0 N–H and O–H groups in total. The lowest BCUT2D eigenvalue weighted by Crippen LogP contribution is -2.31. The number of nitro groups is 1. The van der Waals surface area contributed by atoms with E-state index >= 15 is 0 Å². The first kappa shape index (κ1) is 18.2. The highest BCUT2D eigenvalue weighted by Crippen LogP contribution is 2.22. The summed E-state index contributed by atoms with van der Waals surface area (Å²) >= 11 is 0. The van der Waals surface area contributed by atoms with E-state index in [1.54, 1.807) is 24.3 Å². The molecule has 0 spiro atoms. The number of carbonyl (C=O) groups is 3. The van der Waals surface area contributed by atoms with E-state index in [1.807, 2.05) is 0 Å². The number of carbonyl (C=O) groups excluding carboxylic acids is 3. The zero-order valence-electron chi connectivity index (χ0n) is 14.5. The highest BCUT2D eigenvalue weighted by Gasteiger charge is 2.34. The fourth-order valence-electron chi connectivity index (χ4n) is 2.90. The highest BCUT2D eigenvalue weighted by atomic mass is 16.6. The second-order valence-electron chi connectivity index (χ2n) is 6.06. The van der Waals surface area contributed by atoms with Crippen LogP contribution in [0.3, 0.4) is 0 Å². The van der Waals surface area contributed by atoms with E-state index in [1.165, 1.54) is 25.1 Å². The maximum absolute atomic E-state index is 12.2. The smallest absolute Gasteiger partial charge is 0.338 e. The van der Waals surface area contributed by atoms with Gasteiger partial charge in [-0.1, -0.05) is 12.1 Å². The van der Waals surface area contributed by atoms with Crippen LogP contribution < -0.4 is 0 Å². The number of imide groups is 1. The van der Waals surface area contributed by atoms with Gasteiger partial charge < -0.3 is 4.74 Å². The molecule has 0 bridgehead atoms. The number of nitrogens with zero attached hydrogens (tertiary/aromatic N) is 2. The van der Waals surface area contributed by atoms with Gasteiger partial charge in [-0.3, -0.25) is 24.6 Å². The van der Waals surface area contributed by atoms with Crippen LogP contribution in [0.25, 0.3) is 0 Å². The zero-order valence-corrected chi connectivity index (χ0v) is 14.5. The molecule has 0 saturated heterocycles. The number of fused-ring (bicyclic) bond motifs is 1. The van der Waals surface area contributed by atoms with Crippen LogP contribution in [0.5, 0.6) is 0 Å². The molecule has 8 heteroatoms. The maximum atomic E-state index is 12.2. The first-order valence-corrected chi connectivity index (χ1v) is 8.27. The first-order valence-electron chi connectivity index (χ1n) is 8.27. The third kappa shape index (κ3) is 3.55. The van der Waals surface area contributed by atoms with Crippen LogP contribution in [0.1, 0.15) is 43.1 Å². The molecule has 0 radical (unpaired) electrons. The van der Waals surface area contributed by atoms with Crippen molar-refractivity contribution in [3.8, 4) is 0 Å². The van der Waals surface area contributed by atoms with Gasteiger partial charge in [-0.05, 0) is 37.6 Å². The van der Waals surface area contributed by atoms with Gasteiger partial charge in [-0.25, -0.2) is 4.79 Å². The Bertz CT molecular complexity index is 918. The van der Waals surface area contributed by atoms with Gasteiger partial charge in [0, 0.05) is 18.2 Å². The summed E-state index contributed by atoms with van der Waals surface area (Å²) < 4.78 is 5.13. The molecule has 8 nitrogen and oxygen atoms in total. The van der Waals surface area contributed by atoms with Gasteiger partial charge in [0.1, 0.15) is 0 Å². The third-order valence-corrected chi connectivity index (χ3v) is 4.27. The molecule has 0 saturated carbocycles. The summed E-state index contributed by atoms with van der Waals surface area (Å²) in [5.41, 5.74) is 1.25. The number of amides is 2. The number of rotatable bonds is 6. The van der Waals surface area contributed by atoms with E-state index in [2.05, 4.69) is 0 Å². The van der Waals surface area contributed by atoms with Crippen LogP contribution in [-0.2, 0) is 4.74 Å². The van der Waals surface area contributed by atoms with Crippen LogP contribution in [0.4, 0.5) is 5.69 Å². The molecule has 0 atom stereocenters. The Morgan fingerprint density at radius 3 is 2.30 bits per heavy atom. The van der Waals surface area contributed by atoms with Gasteiger partial charge in [0.15, 0.2) is 0 Å². The van der Waals surface area contributed by atoms with Crippen molar-refractivity contribution in [3.05, 3.63) is 74.8 Å². The molecule has 1 aliphatic rings. The van der Waals surface area contributed by atoms with Crippen LogP contribution in [0, 0.1) is 17.0 Å². The number of esters is 1. The summed E-state index contributed by atoms with van der Waals surface area (Å²) in [5, 5.41) is 10.8. The van der Waals surface area contributed by atoms with Gasteiger partial charge in [0.05, 0.1) is 28.2 Å². The van der Waals surface area contributed by atoms with Crippen molar-refractivity contribution in [3.63, 3.8) is 0 Å². The summed E-state index contributed by atoms with van der Waals surface area (Å²) in [6, 6.07) is 10.6. The summed E-state index contributed by atoms with van der Waals surface area (Å²) in [7, 11) is 0. The van der Waals surface area contributed by atoms with Crippen LogP contribution >= 0.6 is 0 Å². The second kappa shape index (κ2) is 7.36. The number of nitro benzene ring substituents is 1. The fourth-order valence-corrected chi connectivity index (χ4v) is 2.90. The van der Waals surface area contributed by atoms with Crippen molar-refractivity contribution < 1.29 is 24.0 Å². The predicted octanol–water partition coefficient (Wildman–Crippen LogP) is 2.75. The van der Waals surface area contributed by atoms with Gasteiger partial charge in [0.25, 0.3) is 17.5 Å². The van der Waals surface area contributed by atoms with E-state index in [4.69, 9.17) is 4.74 Å². The molecule has 138 valence electrons. The number of aryl methyl sites for hydroxylation is 1. The lowest BCUT2D eigenvalue weighted by atomic mass is 10.1. The standard InChI is InChI=1S/C19H16N2O6/c1-12-11-13(7-8-16(12)21(25)26)19(24)27-10-4-9-20-17(22)14-5-2-3-6-15(14)18(20)23/h2-3,5-8,11H,4,9-10H2,1H3. The lowest BCUT2D eigenvalue weighted by Gasteiger charge is -2.13. The third-order valence-electron chi connectivity index (χ3n) is 4.27. The summed E-state index contributed by atoms with van der Waals surface area (Å²) in [4.78, 5) is 47.9. The van der Waals surface area contributed by atoms with Gasteiger partial charge >= 0.3 is 5.97 Å². The molecule has 2 aromatic rings. The number of hydrogen-bond acceptors (Lipinski definition) is 6. The van der Waals surface area contributed by atoms with Crippen molar-refractivity contribution in [2.45, 2.75) is 13.3 Å². The average Bonchev–Trinajstić information content (AvgIpc) is 2.89. The Balaban J connectivity index is 1.53. The summed E-state index contributed by atoms with van der Waals surface area (Å²) in [6.07, 6.45) is 0.295. The largest absolute Gasteiger partial charge is 0.462 e. The molecule has 2 aromatic carbocycles. The van der Waals surface area contributed by atoms with Crippen molar-refractivity contribution in [2.75, 3.05) is 13.2 Å². The molecule has 1 aliphatic heterocycles. The zero-order chi connectivity index (χ0) is 19.6. The Morgan fingerprint density at radius 2 is 1.74 bits per heavy atom. The minimum Gasteiger partial charge on any atom is -0.462 e. The molecule has 0 unspecified atom stereocenters. The molecule has 3 rings (SSSR count). The monoisotopic (exact) mass is 368 g/mol. The van der Waals surface area contributed by atoms with E-state index in [0.29, 0.717) is 23.1 Å². The molecule has 0 aromatic heterocycles. The number of ether oxygens (including phenoxy) is 1. The molecule has 1 heterocycles. The Morgan fingerprint density at radius 1 is 1.11 bits per heavy atom. The molecule has 0 fully saturated rings. The van der Waals surface area contributed by atoms with E-state index in [-0.39, 0.29) is 36.2 Å². The van der Waals surface area contributed by atoms with Gasteiger partial charge in [-0.2, -0.15) is 0 Å². The van der Waals surface area contributed by atoms with Gasteiger partial charge in [0.2, 0.25) is 0 Å². The van der Waals surface area contributed by atoms with Crippen LogP contribution in [-0.4, -0.2) is 40.8 Å².